The zero-order valence-corrected chi connectivity index (χ0v) is 15.2. The van der Waals surface area contributed by atoms with E-state index in [9.17, 15) is 19.8 Å². The van der Waals surface area contributed by atoms with Gasteiger partial charge in [-0.15, -0.1) is 0 Å². The molecule has 1 aliphatic heterocycles. The van der Waals surface area contributed by atoms with Crippen molar-refractivity contribution >= 4 is 11.9 Å². The molecule has 0 bridgehead atoms. The molecule has 1 fully saturated rings. The number of hydrogen-bond donors (Lipinski definition) is 0. The Bertz CT molecular complexity index is 658. The average Bonchev–Trinajstić information content (AvgIpc) is 2.48. The highest BCUT2D eigenvalue weighted by molar-refractivity contribution is 5.93. The third-order valence-electron chi connectivity index (χ3n) is 5.09. The summed E-state index contributed by atoms with van der Waals surface area (Å²) >= 11 is 0. The molecular formula is C20H25NO4-2. The van der Waals surface area contributed by atoms with Gasteiger partial charge in [0.25, 0.3) is 0 Å². The van der Waals surface area contributed by atoms with Crippen LogP contribution in [0.2, 0.25) is 0 Å². The van der Waals surface area contributed by atoms with Crippen molar-refractivity contribution in [3.63, 3.8) is 0 Å². The van der Waals surface area contributed by atoms with Gasteiger partial charge in [0.2, 0.25) is 0 Å². The van der Waals surface area contributed by atoms with Gasteiger partial charge >= 0.3 is 0 Å². The Labute approximate surface area is 149 Å². The standard InChI is InChI=1S/C20H27NO4/c1-19(2)11-15(16(18(24)25)10-17(22)23)12-20(3,4)21(19)13-14-8-6-5-7-9-14/h5-10,15H,11-13H2,1-4H3,(H,22,23)(H,24,25)/p-2/b16-10-. The number of benzene rings is 1. The van der Waals surface area contributed by atoms with Gasteiger partial charge in [-0.25, -0.2) is 0 Å². The van der Waals surface area contributed by atoms with Crippen LogP contribution >= 0.6 is 0 Å². The van der Waals surface area contributed by atoms with Crippen LogP contribution in [0.3, 0.4) is 0 Å². The predicted molar refractivity (Wildman–Crippen MR) is 91.0 cm³/mol. The summed E-state index contributed by atoms with van der Waals surface area (Å²) in [6.07, 6.45) is 1.76. The smallest absolute Gasteiger partial charge is 0.0678 e. The van der Waals surface area contributed by atoms with Crippen LogP contribution in [0.4, 0.5) is 0 Å². The first-order chi connectivity index (χ1) is 11.5. The molecule has 1 aromatic carbocycles. The Hall–Kier alpha value is -2.14. The number of carbonyl (C=O) groups excluding carboxylic acids is 2. The number of carbonyl (C=O) groups is 2. The number of carboxylic acids is 2. The van der Waals surface area contributed by atoms with Gasteiger partial charge in [-0.3, -0.25) is 4.90 Å². The maximum Gasteiger partial charge on any atom is 0.0678 e. The van der Waals surface area contributed by atoms with Crippen LogP contribution in [-0.2, 0) is 16.1 Å². The summed E-state index contributed by atoms with van der Waals surface area (Å²) in [4.78, 5) is 24.7. The lowest BCUT2D eigenvalue weighted by atomic mass is 9.70. The van der Waals surface area contributed by atoms with Crippen LogP contribution < -0.4 is 10.2 Å². The number of carboxylic acid groups (broad SMARTS) is 2. The Balaban J connectivity index is 2.32. The zero-order valence-electron chi connectivity index (χ0n) is 15.2. The van der Waals surface area contributed by atoms with Crippen molar-refractivity contribution in [2.45, 2.75) is 58.2 Å². The summed E-state index contributed by atoms with van der Waals surface area (Å²) in [5, 5.41) is 22.3. The second-order valence-electron chi connectivity index (χ2n) is 8.01. The molecule has 0 radical (unpaired) electrons. The highest BCUT2D eigenvalue weighted by atomic mass is 16.4. The van der Waals surface area contributed by atoms with Crippen LogP contribution in [0.15, 0.2) is 42.0 Å². The third-order valence-corrected chi connectivity index (χ3v) is 5.09. The van der Waals surface area contributed by atoms with Gasteiger partial charge in [-0.1, -0.05) is 30.3 Å². The van der Waals surface area contributed by atoms with E-state index in [1.165, 1.54) is 5.56 Å². The summed E-state index contributed by atoms with van der Waals surface area (Å²) in [5.41, 5.74) is 0.402. The fourth-order valence-electron chi connectivity index (χ4n) is 4.20. The lowest BCUT2D eigenvalue weighted by Gasteiger charge is -2.56. The minimum absolute atomic E-state index is 0.180. The topological polar surface area (TPSA) is 83.5 Å². The molecule has 0 unspecified atom stereocenters. The van der Waals surface area contributed by atoms with Crippen molar-refractivity contribution < 1.29 is 19.8 Å². The molecule has 2 rings (SSSR count). The minimum Gasteiger partial charge on any atom is -0.545 e. The van der Waals surface area contributed by atoms with Crippen LogP contribution in [0.5, 0.6) is 0 Å². The van der Waals surface area contributed by atoms with Crippen LogP contribution in [0, 0.1) is 5.92 Å². The molecule has 1 saturated heterocycles. The first-order valence-electron chi connectivity index (χ1n) is 8.48. The number of likely N-dealkylation sites (tertiary alicyclic amines) is 1. The molecule has 5 nitrogen and oxygen atoms in total. The normalized spacial score (nSPS) is 21.0. The molecule has 0 N–H and O–H groups in total. The zero-order chi connectivity index (χ0) is 18.8. The average molecular weight is 343 g/mol. The van der Waals surface area contributed by atoms with E-state index in [4.69, 9.17) is 0 Å². The monoisotopic (exact) mass is 343 g/mol. The molecular weight excluding hydrogens is 318 g/mol. The number of nitrogens with zero attached hydrogens (tertiary/aromatic N) is 1. The van der Waals surface area contributed by atoms with Gasteiger partial charge in [-0.2, -0.15) is 0 Å². The maximum atomic E-state index is 11.4. The van der Waals surface area contributed by atoms with Crippen molar-refractivity contribution in [1.29, 1.82) is 0 Å². The van der Waals surface area contributed by atoms with Crippen LogP contribution in [-0.4, -0.2) is 27.9 Å². The van der Waals surface area contributed by atoms with Crippen molar-refractivity contribution in [3.8, 4) is 0 Å². The molecule has 5 heteroatoms. The van der Waals surface area contributed by atoms with E-state index in [2.05, 4.69) is 44.7 Å². The van der Waals surface area contributed by atoms with E-state index in [0.717, 1.165) is 6.54 Å². The molecule has 0 aliphatic carbocycles. The SMILES string of the molecule is CC1(C)CC(/C(=C/C(=O)[O-])C(=O)[O-])CC(C)(C)N1Cc1ccccc1. The minimum atomic E-state index is -1.50. The largest absolute Gasteiger partial charge is 0.545 e. The molecule has 0 amide bonds. The van der Waals surface area contributed by atoms with E-state index in [1.807, 2.05) is 18.2 Å². The molecule has 136 valence electrons. The Morgan fingerprint density at radius 1 is 1.08 bits per heavy atom. The van der Waals surface area contributed by atoms with Crippen molar-refractivity contribution in [2.24, 2.45) is 5.92 Å². The lowest BCUT2D eigenvalue weighted by Crippen LogP contribution is -2.60. The van der Waals surface area contributed by atoms with E-state index in [0.29, 0.717) is 18.9 Å². The van der Waals surface area contributed by atoms with Gasteiger partial charge < -0.3 is 19.8 Å². The molecule has 1 aromatic rings. The van der Waals surface area contributed by atoms with Crippen LogP contribution in [0.1, 0.15) is 46.1 Å². The van der Waals surface area contributed by atoms with Gasteiger partial charge in [0.1, 0.15) is 0 Å². The molecule has 0 aromatic heterocycles. The van der Waals surface area contributed by atoms with Gasteiger partial charge in [0, 0.05) is 17.6 Å². The maximum absolute atomic E-state index is 11.4. The summed E-state index contributed by atoms with van der Waals surface area (Å²) in [5.74, 6) is -3.32. The summed E-state index contributed by atoms with van der Waals surface area (Å²) in [7, 11) is 0. The predicted octanol–water partition coefficient (Wildman–Crippen LogP) is 0.882. The number of piperidine rings is 1. The number of hydrogen-bond acceptors (Lipinski definition) is 5. The summed E-state index contributed by atoms with van der Waals surface area (Å²) in [6, 6.07) is 10.1. The number of aliphatic carboxylic acids is 2. The van der Waals surface area contributed by atoms with Gasteiger partial charge in [0.05, 0.1) is 11.9 Å². The van der Waals surface area contributed by atoms with E-state index < -0.39 is 11.9 Å². The molecule has 1 aliphatic rings. The molecule has 0 spiro atoms. The third kappa shape index (κ3) is 4.48. The quantitative estimate of drug-likeness (QED) is 0.741. The molecule has 25 heavy (non-hydrogen) atoms. The highest BCUT2D eigenvalue weighted by Gasteiger charge is 2.45. The first-order valence-corrected chi connectivity index (χ1v) is 8.48. The van der Waals surface area contributed by atoms with Crippen molar-refractivity contribution in [1.82, 2.24) is 4.90 Å². The van der Waals surface area contributed by atoms with Gasteiger partial charge in [0.15, 0.2) is 0 Å². The Kier molecular flexibility index (Phi) is 5.37. The molecule has 0 atom stereocenters. The van der Waals surface area contributed by atoms with E-state index in [-0.39, 0.29) is 22.6 Å². The fourth-order valence-corrected chi connectivity index (χ4v) is 4.20. The van der Waals surface area contributed by atoms with E-state index >= 15 is 0 Å². The molecule has 1 heterocycles. The highest BCUT2D eigenvalue weighted by Crippen LogP contribution is 2.44. The number of rotatable bonds is 5. The Morgan fingerprint density at radius 2 is 1.60 bits per heavy atom. The lowest BCUT2D eigenvalue weighted by molar-refractivity contribution is -0.303. The van der Waals surface area contributed by atoms with Gasteiger partial charge in [-0.05, 0) is 63.7 Å². The Morgan fingerprint density at radius 3 is 2.04 bits per heavy atom. The molecule has 0 saturated carbocycles. The van der Waals surface area contributed by atoms with E-state index in [1.54, 1.807) is 0 Å². The van der Waals surface area contributed by atoms with Crippen LogP contribution in [0.25, 0.3) is 0 Å². The van der Waals surface area contributed by atoms with Crippen molar-refractivity contribution in [2.75, 3.05) is 0 Å². The summed E-state index contributed by atoms with van der Waals surface area (Å²) in [6.45, 7) is 9.01. The van der Waals surface area contributed by atoms with Crippen molar-refractivity contribution in [3.05, 3.63) is 47.5 Å². The second kappa shape index (κ2) is 7.00. The summed E-state index contributed by atoms with van der Waals surface area (Å²) < 4.78 is 0. The fraction of sp³-hybridized carbons (Fsp3) is 0.500. The first kappa shape index (κ1) is 19.2. The second-order valence-corrected chi connectivity index (χ2v) is 8.01.